The molecule has 12 heteroatoms. The maximum absolute atomic E-state index is 13.0. The number of non-ortho nitro benzene ring substituents is 1. The van der Waals surface area contributed by atoms with Crippen molar-refractivity contribution in [3.63, 3.8) is 0 Å². The van der Waals surface area contributed by atoms with Gasteiger partial charge in [0, 0.05) is 43.6 Å². The molecule has 0 unspecified atom stereocenters. The smallest absolute Gasteiger partial charge is 0.416 e. The van der Waals surface area contributed by atoms with Crippen LogP contribution in [0.15, 0.2) is 60.8 Å². The van der Waals surface area contributed by atoms with Crippen molar-refractivity contribution in [3.8, 4) is 11.5 Å². The number of ether oxygens (including phenoxy) is 1. The van der Waals surface area contributed by atoms with Gasteiger partial charge >= 0.3 is 6.18 Å². The van der Waals surface area contributed by atoms with E-state index in [4.69, 9.17) is 4.74 Å². The minimum atomic E-state index is -4.80. The molecule has 0 fully saturated rings. The van der Waals surface area contributed by atoms with Crippen LogP contribution in [0.1, 0.15) is 28.0 Å². The Hall–Kier alpha value is -4.48. The van der Waals surface area contributed by atoms with Gasteiger partial charge < -0.3 is 15.4 Å². The molecule has 3 rings (SSSR count). The fourth-order valence-electron chi connectivity index (χ4n) is 3.06. The van der Waals surface area contributed by atoms with E-state index in [0.717, 1.165) is 6.07 Å². The SMILES string of the molecule is CNC(=O)c1cc(Oc2cccc(CCC(=O)Nc3cc([N+](=O)[O-])cc(C(F)(F)F)c3)c2)ccn1. The van der Waals surface area contributed by atoms with Crippen molar-refractivity contribution in [3.05, 3.63) is 87.7 Å². The number of aromatic nitrogens is 1. The predicted octanol–water partition coefficient (Wildman–Crippen LogP) is 4.73. The first-order valence-corrected chi connectivity index (χ1v) is 10.2. The third-order valence-electron chi connectivity index (χ3n) is 4.71. The molecule has 1 heterocycles. The number of hydrogen-bond donors (Lipinski definition) is 2. The van der Waals surface area contributed by atoms with Gasteiger partial charge in [0.15, 0.2) is 0 Å². The molecule has 0 saturated heterocycles. The third-order valence-corrected chi connectivity index (χ3v) is 4.71. The van der Waals surface area contributed by atoms with E-state index in [1.807, 2.05) is 0 Å². The summed E-state index contributed by atoms with van der Waals surface area (Å²) in [6.07, 6.45) is -3.25. The van der Waals surface area contributed by atoms with E-state index in [-0.39, 0.29) is 30.1 Å². The Bertz CT molecular complexity index is 1260. The summed E-state index contributed by atoms with van der Waals surface area (Å²) in [6, 6.07) is 11.7. The number of hydrogen-bond acceptors (Lipinski definition) is 6. The minimum absolute atomic E-state index is 0.0937. The molecule has 0 saturated carbocycles. The van der Waals surface area contributed by atoms with Gasteiger partial charge in [-0.3, -0.25) is 24.7 Å². The number of anilines is 1. The molecule has 0 aliphatic rings. The number of nitro groups is 1. The van der Waals surface area contributed by atoms with E-state index in [9.17, 15) is 32.9 Å². The monoisotopic (exact) mass is 488 g/mol. The highest BCUT2D eigenvalue weighted by Crippen LogP contribution is 2.34. The summed E-state index contributed by atoms with van der Waals surface area (Å²) in [7, 11) is 1.48. The Labute approximate surface area is 197 Å². The molecular formula is C23H19F3N4O5. The van der Waals surface area contributed by atoms with Crippen molar-refractivity contribution >= 4 is 23.2 Å². The van der Waals surface area contributed by atoms with Gasteiger partial charge in [0.25, 0.3) is 11.6 Å². The van der Waals surface area contributed by atoms with E-state index in [1.165, 1.54) is 19.3 Å². The molecule has 0 spiro atoms. The van der Waals surface area contributed by atoms with Gasteiger partial charge in [-0.25, -0.2) is 0 Å². The molecule has 2 N–H and O–H groups in total. The second kappa shape index (κ2) is 10.6. The summed E-state index contributed by atoms with van der Waals surface area (Å²) in [5.41, 5.74) is -1.46. The van der Waals surface area contributed by atoms with Crippen LogP contribution < -0.4 is 15.4 Å². The van der Waals surface area contributed by atoms with E-state index >= 15 is 0 Å². The Kier molecular flexibility index (Phi) is 7.64. The van der Waals surface area contributed by atoms with Crippen LogP contribution in [-0.2, 0) is 17.4 Å². The normalized spacial score (nSPS) is 11.0. The summed E-state index contributed by atoms with van der Waals surface area (Å²) in [5.74, 6) is -0.180. The molecule has 0 radical (unpaired) electrons. The number of halogens is 3. The molecule has 0 aliphatic heterocycles. The lowest BCUT2D eigenvalue weighted by molar-refractivity contribution is -0.385. The summed E-state index contributed by atoms with van der Waals surface area (Å²) >= 11 is 0. The van der Waals surface area contributed by atoms with E-state index in [2.05, 4.69) is 15.6 Å². The molecule has 35 heavy (non-hydrogen) atoms. The quantitative estimate of drug-likeness (QED) is 0.349. The molecule has 182 valence electrons. The number of benzene rings is 2. The number of nitrogens with one attached hydrogen (secondary N) is 2. The highest BCUT2D eigenvalue weighted by molar-refractivity contribution is 5.92. The number of nitrogens with zero attached hydrogens (tertiary/aromatic N) is 2. The van der Waals surface area contributed by atoms with Crippen molar-refractivity contribution in [1.82, 2.24) is 10.3 Å². The number of aryl methyl sites for hydroxylation is 1. The Morgan fingerprint density at radius 2 is 1.83 bits per heavy atom. The van der Waals surface area contributed by atoms with Gasteiger partial charge in [-0.05, 0) is 36.2 Å². The summed E-state index contributed by atoms with van der Waals surface area (Å²) in [6.45, 7) is 0. The summed E-state index contributed by atoms with van der Waals surface area (Å²) in [5, 5.41) is 15.7. The number of nitro benzene ring substituents is 1. The van der Waals surface area contributed by atoms with Gasteiger partial charge in [-0.15, -0.1) is 0 Å². The van der Waals surface area contributed by atoms with E-state index in [1.54, 1.807) is 30.3 Å². The van der Waals surface area contributed by atoms with Crippen molar-refractivity contribution in [2.75, 3.05) is 12.4 Å². The minimum Gasteiger partial charge on any atom is -0.457 e. The second-order valence-corrected chi connectivity index (χ2v) is 7.28. The van der Waals surface area contributed by atoms with Gasteiger partial charge in [-0.1, -0.05) is 12.1 Å². The largest absolute Gasteiger partial charge is 0.457 e. The topological polar surface area (TPSA) is 123 Å². The Morgan fingerprint density at radius 3 is 2.51 bits per heavy atom. The fourth-order valence-corrected chi connectivity index (χ4v) is 3.06. The fraction of sp³-hybridized carbons (Fsp3) is 0.174. The molecule has 3 aromatic rings. The Balaban J connectivity index is 1.65. The zero-order valence-electron chi connectivity index (χ0n) is 18.3. The molecule has 0 bridgehead atoms. The van der Waals surface area contributed by atoms with Crippen molar-refractivity contribution < 1.29 is 32.4 Å². The first-order chi connectivity index (χ1) is 16.5. The van der Waals surface area contributed by atoms with Crippen LogP contribution in [0.2, 0.25) is 0 Å². The van der Waals surface area contributed by atoms with Crippen LogP contribution in [-0.4, -0.2) is 28.8 Å². The average Bonchev–Trinajstić information content (AvgIpc) is 2.82. The van der Waals surface area contributed by atoms with Gasteiger partial charge in [0.05, 0.1) is 10.5 Å². The van der Waals surface area contributed by atoms with Crippen molar-refractivity contribution in [2.24, 2.45) is 0 Å². The van der Waals surface area contributed by atoms with Crippen LogP contribution in [0.3, 0.4) is 0 Å². The summed E-state index contributed by atoms with van der Waals surface area (Å²) in [4.78, 5) is 37.9. The maximum Gasteiger partial charge on any atom is 0.416 e. The predicted molar refractivity (Wildman–Crippen MR) is 119 cm³/mol. The standard InChI is InChI=1S/C23H19F3N4O5/c1-27-22(32)20-13-19(7-8-28-20)35-18-4-2-3-14(9-18)5-6-21(31)29-16-10-15(23(24,25)26)11-17(12-16)30(33)34/h2-4,7-13H,5-6H2,1H3,(H,27,32)(H,29,31). The van der Waals surface area contributed by atoms with Crippen LogP contribution in [0.25, 0.3) is 0 Å². The Morgan fingerprint density at radius 1 is 1.09 bits per heavy atom. The lowest BCUT2D eigenvalue weighted by Crippen LogP contribution is -2.18. The van der Waals surface area contributed by atoms with Crippen LogP contribution in [0, 0.1) is 10.1 Å². The molecular weight excluding hydrogens is 469 g/mol. The molecule has 0 atom stereocenters. The van der Waals surface area contributed by atoms with Crippen LogP contribution in [0.4, 0.5) is 24.5 Å². The van der Waals surface area contributed by atoms with Gasteiger partial charge in [0.2, 0.25) is 5.91 Å². The molecule has 2 amide bonds. The first-order valence-electron chi connectivity index (χ1n) is 10.2. The first kappa shape index (κ1) is 25.1. The van der Waals surface area contributed by atoms with Crippen LogP contribution >= 0.6 is 0 Å². The third kappa shape index (κ3) is 7.00. The zero-order chi connectivity index (χ0) is 25.6. The number of carbonyl (C=O) groups excluding carboxylic acids is 2. The number of amides is 2. The lowest BCUT2D eigenvalue weighted by Gasteiger charge is -2.11. The van der Waals surface area contributed by atoms with E-state index < -0.39 is 28.3 Å². The van der Waals surface area contributed by atoms with Gasteiger partial charge in [-0.2, -0.15) is 13.2 Å². The molecule has 0 aliphatic carbocycles. The van der Waals surface area contributed by atoms with E-state index in [0.29, 0.717) is 29.2 Å². The molecule has 2 aromatic carbocycles. The number of alkyl halides is 3. The highest BCUT2D eigenvalue weighted by atomic mass is 19.4. The second-order valence-electron chi connectivity index (χ2n) is 7.28. The van der Waals surface area contributed by atoms with Gasteiger partial charge in [0.1, 0.15) is 17.2 Å². The number of carbonyl (C=O) groups is 2. The van der Waals surface area contributed by atoms with Crippen molar-refractivity contribution in [2.45, 2.75) is 19.0 Å². The van der Waals surface area contributed by atoms with Crippen LogP contribution in [0.5, 0.6) is 11.5 Å². The number of pyridine rings is 1. The maximum atomic E-state index is 13.0. The summed E-state index contributed by atoms with van der Waals surface area (Å²) < 4.78 is 44.8. The highest BCUT2D eigenvalue weighted by Gasteiger charge is 2.33. The zero-order valence-corrected chi connectivity index (χ0v) is 18.3. The average molecular weight is 488 g/mol. The lowest BCUT2D eigenvalue weighted by atomic mass is 10.1. The molecule has 9 nitrogen and oxygen atoms in total. The van der Waals surface area contributed by atoms with Crippen molar-refractivity contribution in [1.29, 1.82) is 0 Å². The number of rotatable bonds is 8. The molecule has 1 aromatic heterocycles.